The Balaban J connectivity index is 2.48. The molecule has 0 saturated heterocycles. The van der Waals surface area contributed by atoms with Gasteiger partial charge in [0.2, 0.25) is 0 Å². The number of ether oxygens (including phenoxy) is 1. The van der Waals surface area contributed by atoms with Crippen molar-refractivity contribution in [1.82, 2.24) is 0 Å². The standard InChI is InChI=1S/C10H8ClNO/c11-9-3-4-13-10-2-1-7(6-12)5-8(9)10/h1-2,5,9H,3-4H2. The number of rotatable bonds is 0. The third-order valence-corrected chi connectivity index (χ3v) is 2.56. The summed E-state index contributed by atoms with van der Waals surface area (Å²) in [5, 5.41) is 8.67. The summed E-state index contributed by atoms with van der Waals surface area (Å²) in [7, 11) is 0. The van der Waals surface area contributed by atoms with Gasteiger partial charge in [0, 0.05) is 12.0 Å². The number of nitrogens with zero attached hydrogens (tertiary/aromatic N) is 1. The molecule has 0 N–H and O–H groups in total. The number of benzene rings is 1. The topological polar surface area (TPSA) is 33.0 Å². The molecule has 1 aromatic carbocycles. The van der Waals surface area contributed by atoms with Crippen LogP contribution < -0.4 is 4.74 Å². The zero-order chi connectivity index (χ0) is 9.26. The molecule has 1 aliphatic heterocycles. The van der Waals surface area contributed by atoms with E-state index in [1.807, 2.05) is 6.07 Å². The van der Waals surface area contributed by atoms with E-state index in [-0.39, 0.29) is 5.38 Å². The molecule has 1 atom stereocenters. The van der Waals surface area contributed by atoms with E-state index in [4.69, 9.17) is 21.6 Å². The number of fused-ring (bicyclic) bond motifs is 1. The van der Waals surface area contributed by atoms with Crippen molar-refractivity contribution in [2.45, 2.75) is 11.8 Å². The van der Waals surface area contributed by atoms with Gasteiger partial charge in [0.25, 0.3) is 0 Å². The molecule has 0 radical (unpaired) electrons. The van der Waals surface area contributed by atoms with E-state index in [1.165, 1.54) is 0 Å². The van der Waals surface area contributed by atoms with Gasteiger partial charge in [-0.25, -0.2) is 0 Å². The van der Waals surface area contributed by atoms with Gasteiger partial charge in [0.05, 0.1) is 23.6 Å². The van der Waals surface area contributed by atoms with Gasteiger partial charge in [-0.15, -0.1) is 11.6 Å². The van der Waals surface area contributed by atoms with E-state index in [9.17, 15) is 0 Å². The van der Waals surface area contributed by atoms with Crippen molar-refractivity contribution in [3.63, 3.8) is 0 Å². The Morgan fingerprint density at radius 1 is 1.54 bits per heavy atom. The van der Waals surface area contributed by atoms with E-state index in [2.05, 4.69) is 6.07 Å². The van der Waals surface area contributed by atoms with Crippen LogP contribution in [0, 0.1) is 11.3 Å². The summed E-state index contributed by atoms with van der Waals surface area (Å²) in [5.41, 5.74) is 1.57. The molecule has 1 aromatic rings. The zero-order valence-corrected chi connectivity index (χ0v) is 7.71. The van der Waals surface area contributed by atoms with Gasteiger partial charge in [-0.05, 0) is 18.2 Å². The lowest BCUT2D eigenvalue weighted by molar-refractivity contribution is 0.285. The van der Waals surface area contributed by atoms with Crippen molar-refractivity contribution in [2.24, 2.45) is 0 Å². The summed E-state index contributed by atoms with van der Waals surface area (Å²) in [6.45, 7) is 0.660. The zero-order valence-electron chi connectivity index (χ0n) is 6.96. The third-order valence-electron chi connectivity index (χ3n) is 2.11. The van der Waals surface area contributed by atoms with Crippen LogP contribution in [-0.4, -0.2) is 6.61 Å². The summed E-state index contributed by atoms with van der Waals surface area (Å²) >= 11 is 6.09. The molecule has 0 aliphatic carbocycles. The quantitative estimate of drug-likeness (QED) is 0.594. The molecule has 1 heterocycles. The van der Waals surface area contributed by atoms with E-state index in [0.717, 1.165) is 17.7 Å². The second-order valence-electron chi connectivity index (χ2n) is 2.97. The fraction of sp³-hybridized carbons (Fsp3) is 0.300. The first kappa shape index (κ1) is 8.40. The minimum atomic E-state index is -0.0166. The maximum absolute atomic E-state index is 8.69. The van der Waals surface area contributed by atoms with Crippen molar-refractivity contribution in [2.75, 3.05) is 6.61 Å². The van der Waals surface area contributed by atoms with Crippen molar-refractivity contribution in [3.05, 3.63) is 29.3 Å². The predicted molar refractivity (Wildman–Crippen MR) is 49.9 cm³/mol. The Kier molecular flexibility index (Phi) is 2.12. The minimum Gasteiger partial charge on any atom is -0.493 e. The van der Waals surface area contributed by atoms with Crippen LogP contribution in [0.5, 0.6) is 5.75 Å². The molecule has 1 unspecified atom stereocenters. The fourth-order valence-corrected chi connectivity index (χ4v) is 1.68. The monoisotopic (exact) mass is 193 g/mol. The van der Waals surface area contributed by atoms with Crippen LogP contribution in [0.2, 0.25) is 0 Å². The largest absolute Gasteiger partial charge is 0.493 e. The lowest BCUT2D eigenvalue weighted by atomic mass is 10.0. The molecule has 0 aromatic heterocycles. The normalized spacial score (nSPS) is 19.8. The van der Waals surface area contributed by atoms with Crippen molar-refractivity contribution >= 4 is 11.6 Å². The number of hydrogen-bond donors (Lipinski definition) is 0. The molecule has 1 aliphatic rings. The maximum Gasteiger partial charge on any atom is 0.124 e. The molecule has 0 spiro atoms. The molecule has 3 heteroatoms. The molecule has 13 heavy (non-hydrogen) atoms. The molecule has 0 fully saturated rings. The number of hydrogen-bond acceptors (Lipinski definition) is 2. The lowest BCUT2D eigenvalue weighted by Crippen LogP contribution is -2.10. The Morgan fingerprint density at radius 3 is 3.15 bits per heavy atom. The summed E-state index contributed by atoms with van der Waals surface area (Å²) in [5.74, 6) is 0.810. The van der Waals surface area contributed by atoms with E-state index in [0.29, 0.717) is 12.2 Å². The molecule has 66 valence electrons. The highest BCUT2D eigenvalue weighted by Gasteiger charge is 2.19. The highest BCUT2D eigenvalue weighted by atomic mass is 35.5. The number of halogens is 1. The maximum atomic E-state index is 8.69. The first-order chi connectivity index (χ1) is 6.31. The van der Waals surface area contributed by atoms with Crippen LogP contribution >= 0.6 is 11.6 Å². The number of alkyl halides is 1. The van der Waals surface area contributed by atoms with Crippen LogP contribution in [0.1, 0.15) is 22.9 Å². The summed E-state index contributed by atoms with van der Waals surface area (Å²) in [6, 6.07) is 7.43. The van der Waals surface area contributed by atoms with Gasteiger partial charge in [0.1, 0.15) is 5.75 Å². The van der Waals surface area contributed by atoms with Gasteiger partial charge in [-0.1, -0.05) is 0 Å². The first-order valence-corrected chi connectivity index (χ1v) is 4.56. The van der Waals surface area contributed by atoms with Crippen molar-refractivity contribution in [1.29, 1.82) is 5.26 Å². The summed E-state index contributed by atoms with van der Waals surface area (Å²) in [6.07, 6.45) is 0.809. The Morgan fingerprint density at radius 2 is 2.38 bits per heavy atom. The summed E-state index contributed by atoms with van der Waals surface area (Å²) < 4.78 is 5.40. The molecule has 0 bridgehead atoms. The molecule has 0 saturated carbocycles. The number of nitriles is 1. The molecule has 2 nitrogen and oxygen atoms in total. The van der Waals surface area contributed by atoms with Crippen LogP contribution in [-0.2, 0) is 0 Å². The second kappa shape index (κ2) is 3.27. The summed E-state index contributed by atoms with van der Waals surface area (Å²) in [4.78, 5) is 0. The average molecular weight is 194 g/mol. The predicted octanol–water partition coefficient (Wildman–Crippen LogP) is 2.62. The Hall–Kier alpha value is -1.20. The van der Waals surface area contributed by atoms with Gasteiger partial charge in [-0.3, -0.25) is 0 Å². The van der Waals surface area contributed by atoms with Gasteiger partial charge >= 0.3 is 0 Å². The Labute approximate surface area is 81.7 Å². The lowest BCUT2D eigenvalue weighted by Gasteiger charge is -2.21. The van der Waals surface area contributed by atoms with E-state index in [1.54, 1.807) is 12.1 Å². The molecular formula is C10H8ClNO. The van der Waals surface area contributed by atoms with E-state index >= 15 is 0 Å². The molecule has 0 amide bonds. The Bertz CT molecular complexity index is 370. The molecule has 2 rings (SSSR count). The highest BCUT2D eigenvalue weighted by molar-refractivity contribution is 6.21. The first-order valence-electron chi connectivity index (χ1n) is 4.12. The van der Waals surface area contributed by atoms with Crippen LogP contribution in [0.4, 0.5) is 0 Å². The highest BCUT2D eigenvalue weighted by Crippen LogP contribution is 2.36. The average Bonchev–Trinajstić information content (AvgIpc) is 2.18. The van der Waals surface area contributed by atoms with E-state index < -0.39 is 0 Å². The second-order valence-corrected chi connectivity index (χ2v) is 3.50. The van der Waals surface area contributed by atoms with Gasteiger partial charge in [0.15, 0.2) is 0 Å². The van der Waals surface area contributed by atoms with Crippen molar-refractivity contribution < 1.29 is 4.74 Å². The smallest absolute Gasteiger partial charge is 0.124 e. The fourth-order valence-electron chi connectivity index (χ4n) is 1.42. The van der Waals surface area contributed by atoms with Crippen LogP contribution in [0.3, 0.4) is 0 Å². The van der Waals surface area contributed by atoms with Crippen molar-refractivity contribution in [3.8, 4) is 11.8 Å². The minimum absolute atomic E-state index is 0.0166. The van der Waals surface area contributed by atoms with Gasteiger partial charge < -0.3 is 4.74 Å². The van der Waals surface area contributed by atoms with Crippen LogP contribution in [0.25, 0.3) is 0 Å². The van der Waals surface area contributed by atoms with Gasteiger partial charge in [-0.2, -0.15) is 5.26 Å². The van der Waals surface area contributed by atoms with Crippen LogP contribution in [0.15, 0.2) is 18.2 Å². The third kappa shape index (κ3) is 1.48. The SMILES string of the molecule is N#Cc1ccc2c(c1)C(Cl)CCO2. The molecular weight excluding hydrogens is 186 g/mol.